The SMILES string of the molecule is CC12CCC(C3CC4CC4(C)C3(C)C)(CC1)CO2.CC12CCC(C3CC4CC4(C)C3(C)C)(CC1)CO2.CC1=CCC(C23CCC(C)(CC2)OC3)C1(C)C.CC1=CCC(C23CCC(C)(CC2)OC3)C1(C)C. The molecule has 0 N–H and O–H groups in total. The van der Waals surface area contributed by atoms with Crippen molar-refractivity contribution in [3.8, 4) is 0 Å². The van der Waals surface area contributed by atoms with Crippen LogP contribution in [-0.4, -0.2) is 48.8 Å². The largest absolute Gasteiger partial charge is 0.375 e. The summed E-state index contributed by atoms with van der Waals surface area (Å²) in [6, 6.07) is 0. The van der Waals surface area contributed by atoms with Crippen molar-refractivity contribution in [2.24, 2.45) is 89.7 Å². The van der Waals surface area contributed by atoms with Crippen LogP contribution in [0.5, 0.6) is 0 Å². The van der Waals surface area contributed by atoms with E-state index >= 15 is 0 Å². The molecule has 0 spiro atoms. The van der Waals surface area contributed by atoms with Crippen LogP contribution < -0.4 is 0 Å². The Labute approximate surface area is 430 Å². The molecule has 10 aliphatic carbocycles. The van der Waals surface area contributed by atoms with Crippen molar-refractivity contribution in [1.29, 1.82) is 0 Å². The van der Waals surface area contributed by atoms with E-state index in [-0.39, 0.29) is 22.4 Å². The Bertz CT molecular complexity index is 1870. The average Bonchev–Trinajstić information content (AvgIpc) is 4.08. The number of rotatable bonds is 4. The quantitative estimate of drug-likeness (QED) is 0.263. The second-order valence-corrected chi connectivity index (χ2v) is 32.9. The Morgan fingerprint density at radius 3 is 0.757 bits per heavy atom. The molecule has 0 radical (unpaired) electrons. The molecule has 8 saturated heterocycles. The highest BCUT2D eigenvalue weighted by Gasteiger charge is 2.73. The minimum Gasteiger partial charge on any atom is -0.375 e. The monoisotopic (exact) mass is 965 g/mol. The lowest BCUT2D eigenvalue weighted by Gasteiger charge is -2.58. The van der Waals surface area contributed by atoms with Gasteiger partial charge in [0, 0.05) is 0 Å². The predicted molar refractivity (Wildman–Crippen MR) is 289 cm³/mol. The summed E-state index contributed by atoms with van der Waals surface area (Å²) in [6.07, 6.45) is 35.1. The van der Waals surface area contributed by atoms with E-state index in [4.69, 9.17) is 18.9 Å². The van der Waals surface area contributed by atoms with Crippen LogP contribution >= 0.6 is 0 Å². The minimum absolute atomic E-state index is 0.215. The van der Waals surface area contributed by atoms with Gasteiger partial charge in [0.05, 0.1) is 48.8 Å². The molecule has 8 aliphatic heterocycles. The van der Waals surface area contributed by atoms with Crippen LogP contribution in [0.3, 0.4) is 0 Å². The molecule has 70 heavy (non-hydrogen) atoms. The summed E-state index contributed by atoms with van der Waals surface area (Å²) < 4.78 is 24.9. The first kappa shape index (κ1) is 51.4. The van der Waals surface area contributed by atoms with Gasteiger partial charge in [-0.15, -0.1) is 0 Å². The average molecular weight is 966 g/mol. The van der Waals surface area contributed by atoms with Crippen LogP contribution in [0.25, 0.3) is 0 Å². The van der Waals surface area contributed by atoms with E-state index in [1.807, 2.05) is 0 Å². The fraction of sp³-hybridized carbons (Fsp3) is 0.939. The van der Waals surface area contributed by atoms with Gasteiger partial charge in [-0.25, -0.2) is 0 Å². The van der Waals surface area contributed by atoms with Gasteiger partial charge in [-0.1, -0.05) is 92.5 Å². The second-order valence-electron chi connectivity index (χ2n) is 32.9. The van der Waals surface area contributed by atoms with E-state index in [0.717, 1.165) is 61.9 Å². The third-order valence-corrected chi connectivity index (χ3v) is 28.6. The number of hydrogen-bond acceptors (Lipinski definition) is 4. The molecular weight excluding hydrogens is 857 g/mol. The Morgan fingerprint density at radius 1 is 0.343 bits per heavy atom. The van der Waals surface area contributed by atoms with Crippen LogP contribution in [-0.2, 0) is 18.9 Å². The van der Waals surface area contributed by atoms with Crippen LogP contribution in [0.4, 0.5) is 0 Å². The van der Waals surface area contributed by atoms with Crippen molar-refractivity contribution in [2.45, 2.75) is 274 Å². The number of hydrogen-bond donors (Lipinski definition) is 0. The highest BCUT2D eigenvalue weighted by molar-refractivity contribution is 5.25. The highest BCUT2D eigenvalue weighted by Crippen LogP contribution is 2.79. The van der Waals surface area contributed by atoms with Gasteiger partial charge in [0.2, 0.25) is 0 Å². The lowest BCUT2D eigenvalue weighted by molar-refractivity contribution is -0.205. The standard InChI is InChI=1S/2C17H28O.2C16H26O/c2*1-14(2)13(9-12-10-16(12,14)4)17-7-5-15(3,6-8-17)18-11-17;2*1-12-5-6-13(14(12,2)3)16-9-7-15(4,8-10-16)17-11-16/h2*12-13H,5-11H2,1-4H3;2*5,13H,6-11H2,1-4H3. The van der Waals surface area contributed by atoms with Crippen molar-refractivity contribution in [3.05, 3.63) is 23.3 Å². The van der Waals surface area contributed by atoms with E-state index in [1.54, 1.807) is 11.1 Å². The Balaban J connectivity index is 0.000000102. The highest BCUT2D eigenvalue weighted by atomic mass is 16.5. The van der Waals surface area contributed by atoms with Crippen molar-refractivity contribution in [3.63, 3.8) is 0 Å². The summed E-state index contributed by atoms with van der Waals surface area (Å²) in [5, 5.41) is 0. The van der Waals surface area contributed by atoms with Gasteiger partial charge in [0.25, 0.3) is 0 Å². The van der Waals surface area contributed by atoms with E-state index in [9.17, 15) is 0 Å². The first-order valence-corrected chi connectivity index (χ1v) is 30.3. The smallest absolute Gasteiger partial charge is 0.0655 e. The van der Waals surface area contributed by atoms with Crippen molar-refractivity contribution in [1.82, 2.24) is 0 Å². The zero-order chi connectivity index (χ0) is 50.2. The topological polar surface area (TPSA) is 36.9 Å². The summed E-state index contributed by atoms with van der Waals surface area (Å²) in [4.78, 5) is 0. The molecule has 0 aromatic heterocycles. The summed E-state index contributed by atoms with van der Waals surface area (Å²) in [5.41, 5.74) is 9.28. The van der Waals surface area contributed by atoms with Gasteiger partial charge in [-0.2, -0.15) is 0 Å². The zero-order valence-electron chi connectivity index (χ0n) is 48.6. The van der Waals surface area contributed by atoms with Crippen LogP contribution in [0.15, 0.2) is 23.3 Å². The maximum atomic E-state index is 6.26. The summed E-state index contributed by atoms with van der Waals surface area (Å²) in [6.45, 7) is 43.1. The zero-order valence-corrected chi connectivity index (χ0v) is 48.6. The molecule has 8 saturated carbocycles. The van der Waals surface area contributed by atoms with E-state index in [2.05, 4.69) is 123 Å². The lowest BCUT2D eigenvalue weighted by Crippen LogP contribution is -2.55. The molecule has 8 bridgehead atoms. The Kier molecular flexibility index (Phi) is 11.7. The normalized spacial score (nSPS) is 54.6. The van der Waals surface area contributed by atoms with Gasteiger partial charge < -0.3 is 18.9 Å². The number of allylic oxidation sites excluding steroid dienone is 4. The minimum atomic E-state index is 0.215. The third kappa shape index (κ3) is 7.60. The molecule has 4 nitrogen and oxygen atoms in total. The van der Waals surface area contributed by atoms with Crippen molar-refractivity contribution >= 4 is 0 Å². The predicted octanol–water partition coefficient (Wildman–Crippen LogP) is 17.5. The molecule has 0 aromatic carbocycles. The molecule has 4 heteroatoms. The van der Waals surface area contributed by atoms with Gasteiger partial charge in [-0.05, 0) is 272 Å². The Morgan fingerprint density at radius 2 is 0.586 bits per heavy atom. The molecule has 8 atom stereocenters. The van der Waals surface area contributed by atoms with Gasteiger partial charge in [0.1, 0.15) is 0 Å². The summed E-state index contributed by atoms with van der Waals surface area (Å²) in [5.74, 6) is 5.50. The molecule has 396 valence electrons. The molecule has 18 rings (SSSR count). The van der Waals surface area contributed by atoms with E-state index in [0.29, 0.717) is 54.1 Å². The van der Waals surface area contributed by atoms with Crippen molar-refractivity contribution < 1.29 is 18.9 Å². The molecule has 0 amide bonds. The summed E-state index contributed by atoms with van der Waals surface area (Å²) >= 11 is 0. The van der Waals surface area contributed by atoms with E-state index in [1.165, 1.54) is 141 Å². The number of fused-ring (bicyclic) bond motifs is 14. The third-order valence-electron chi connectivity index (χ3n) is 28.6. The van der Waals surface area contributed by atoms with Gasteiger partial charge in [-0.3, -0.25) is 0 Å². The second kappa shape index (κ2) is 16.0. The van der Waals surface area contributed by atoms with Crippen LogP contribution in [0, 0.1) is 89.7 Å². The molecular formula is C66H108O4. The maximum absolute atomic E-state index is 6.26. The molecule has 16 fully saturated rings. The van der Waals surface area contributed by atoms with Gasteiger partial charge >= 0.3 is 0 Å². The molecule has 0 aromatic rings. The molecule has 8 unspecified atom stereocenters. The summed E-state index contributed by atoms with van der Waals surface area (Å²) in [7, 11) is 0. The lowest BCUT2D eigenvalue weighted by atomic mass is 9.53. The number of ether oxygens (including phenoxy) is 4. The molecule has 8 heterocycles. The fourth-order valence-electron chi connectivity index (χ4n) is 20.8. The van der Waals surface area contributed by atoms with Crippen LogP contribution in [0.1, 0.15) is 252 Å². The first-order valence-electron chi connectivity index (χ1n) is 30.3. The maximum Gasteiger partial charge on any atom is 0.0655 e. The fourth-order valence-corrected chi connectivity index (χ4v) is 20.8. The first-order chi connectivity index (χ1) is 32.4. The Hall–Kier alpha value is -0.680. The van der Waals surface area contributed by atoms with E-state index < -0.39 is 0 Å². The van der Waals surface area contributed by atoms with Gasteiger partial charge in [0.15, 0.2) is 0 Å². The molecule has 18 aliphatic rings. The van der Waals surface area contributed by atoms with Crippen LogP contribution in [0.2, 0.25) is 0 Å². The van der Waals surface area contributed by atoms with Crippen molar-refractivity contribution in [2.75, 3.05) is 26.4 Å².